The third kappa shape index (κ3) is 5.31. The van der Waals surface area contributed by atoms with Crippen LogP contribution in [0.5, 0.6) is 0 Å². The Morgan fingerprint density at radius 2 is 0.938 bits per heavy atom. The van der Waals surface area contributed by atoms with Gasteiger partial charge in [-0.25, -0.2) is 15.0 Å². The van der Waals surface area contributed by atoms with Gasteiger partial charge in [-0.1, -0.05) is 121 Å². The number of nitriles is 1. The van der Waals surface area contributed by atoms with Gasteiger partial charge in [-0.05, 0) is 133 Å². The van der Waals surface area contributed by atoms with Gasteiger partial charge in [-0.3, -0.25) is 4.98 Å². The van der Waals surface area contributed by atoms with Gasteiger partial charge in [0.1, 0.15) is 11.2 Å². The highest BCUT2D eigenvalue weighted by atomic mass is 16.3. The molecule has 11 aromatic rings. The molecule has 6 nitrogen and oxygen atoms in total. The Labute approximate surface area is 368 Å². The lowest BCUT2D eigenvalue weighted by Gasteiger charge is -2.30. The molecule has 0 saturated heterocycles. The summed E-state index contributed by atoms with van der Waals surface area (Å²) in [5.41, 5.74) is 17.8. The van der Waals surface area contributed by atoms with Gasteiger partial charge >= 0.3 is 0 Å². The first-order chi connectivity index (χ1) is 31.6. The standard InChI is InChI=1S/C58H33N5O/c59-34-35-18-21-45-46-22-19-38(32-52(46)58(51(45)28-35)49-15-7-4-12-43(49)44-13-5-8-16-50(44)58)41-29-40(36-24-26-60-27-25-36)30-42(31-41)57-62-55(37-10-2-1-3-11-37)61-56(63-57)39-20-23-48-47-14-6-9-17-53(47)64-54(48)33-39/h1-33H. The zero-order valence-corrected chi connectivity index (χ0v) is 34.2. The molecule has 64 heavy (non-hydrogen) atoms. The van der Waals surface area contributed by atoms with E-state index in [-0.39, 0.29) is 0 Å². The number of pyridine rings is 1. The highest BCUT2D eigenvalue weighted by molar-refractivity contribution is 6.06. The maximum Gasteiger partial charge on any atom is 0.164 e. The fourth-order valence-corrected chi connectivity index (χ4v) is 10.2. The van der Waals surface area contributed by atoms with E-state index in [4.69, 9.17) is 19.4 Å². The minimum absolute atomic E-state index is 0.551. The molecule has 2 aliphatic rings. The predicted octanol–water partition coefficient (Wildman–Crippen LogP) is 13.7. The summed E-state index contributed by atoms with van der Waals surface area (Å²) in [5.74, 6) is 1.68. The molecule has 0 unspecified atom stereocenters. The molecule has 296 valence electrons. The molecule has 0 atom stereocenters. The van der Waals surface area contributed by atoms with Crippen molar-refractivity contribution in [3.8, 4) is 84.7 Å². The van der Waals surface area contributed by atoms with Gasteiger partial charge in [0.05, 0.1) is 17.0 Å². The summed E-state index contributed by atoms with van der Waals surface area (Å²) >= 11 is 0. The van der Waals surface area contributed by atoms with E-state index in [9.17, 15) is 5.26 Å². The lowest BCUT2D eigenvalue weighted by atomic mass is 9.70. The van der Waals surface area contributed by atoms with E-state index < -0.39 is 5.41 Å². The second-order valence-corrected chi connectivity index (χ2v) is 16.5. The number of benzene rings is 8. The van der Waals surface area contributed by atoms with E-state index in [1.54, 1.807) is 0 Å². The third-order valence-corrected chi connectivity index (χ3v) is 13.1. The number of rotatable bonds is 5. The summed E-state index contributed by atoms with van der Waals surface area (Å²) in [6.07, 6.45) is 3.65. The molecule has 0 saturated carbocycles. The van der Waals surface area contributed by atoms with E-state index in [1.165, 1.54) is 27.8 Å². The largest absolute Gasteiger partial charge is 0.456 e. The summed E-state index contributed by atoms with van der Waals surface area (Å²) in [6, 6.07) is 67.9. The van der Waals surface area contributed by atoms with Gasteiger partial charge in [0, 0.05) is 39.9 Å². The van der Waals surface area contributed by atoms with Crippen LogP contribution in [-0.2, 0) is 5.41 Å². The Morgan fingerprint density at radius 1 is 0.375 bits per heavy atom. The van der Waals surface area contributed by atoms with E-state index in [2.05, 4.69) is 126 Å². The molecular formula is C58H33N5O. The van der Waals surface area contributed by atoms with Gasteiger partial charge in [-0.15, -0.1) is 0 Å². The highest BCUT2D eigenvalue weighted by Gasteiger charge is 2.51. The van der Waals surface area contributed by atoms with Crippen LogP contribution in [0.25, 0.3) is 101 Å². The SMILES string of the molecule is N#Cc1ccc2c(c1)C1(c3ccccc3-c3ccccc31)c1cc(-c3cc(-c4ccncc4)cc(-c4nc(-c5ccccc5)nc(-c5ccc6c(c5)oc5ccccc56)n4)c3)ccc1-2. The second kappa shape index (κ2) is 13.9. The summed E-state index contributed by atoms with van der Waals surface area (Å²) in [6.45, 7) is 0. The van der Waals surface area contributed by atoms with Crippen LogP contribution in [0.3, 0.4) is 0 Å². The van der Waals surface area contributed by atoms with E-state index in [0.29, 0.717) is 23.0 Å². The van der Waals surface area contributed by atoms with Gasteiger partial charge in [-0.2, -0.15) is 5.26 Å². The molecule has 0 radical (unpaired) electrons. The van der Waals surface area contributed by atoms with Crippen molar-refractivity contribution in [3.63, 3.8) is 0 Å². The smallest absolute Gasteiger partial charge is 0.164 e. The maximum atomic E-state index is 10.2. The molecule has 2 aliphatic carbocycles. The fraction of sp³-hybridized carbons (Fsp3) is 0.0172. The zero-order valence-electron chi connectivity index (χ0n) is 34.2. The topological polar surface area (TPSA) is 88.5 Å². The fourth-order valence-electron chi connectivity index (χ4n) is 10.2. The maximum absolute atomic E-state index is 10.2. The van der Waals surface area contributed by atoms with Gasteiger partial charge in [0.25, 0.3) is 0 Å². The number of nitrogens with zero attached hydrogens (tertiary/aromatic N) is 5. The van der Waals surface area contributed by atoms with Crippen LogP contribution >= 0.6 is 0 Å². The minimum atomic E-state index is -0.610. The Hall–Kier alpha value is -8.79. The molecule has 6 heteroatoms. The van der Waals surface area contributed by atoms with Crippen molar-refractivity contribution < 1.29 is 4.42 Å². The molecule has 0 aliphatic heterocycles. The van der Waals surface area contributed by atoms with Crippen molar-refractivity contribution in [2.45, 2.75) is 5.41 Å². The van der Waals surface area contributed by atoms with Crippen LogP contribution in [-0.4, -0.2) is 19.9 Å². The monoisotopic (exact) mass is 815 g/mol. The van der Waals surface area contributed by atoms with Crippen LogP contribution in [0, 0.1) is 11.3 Å². The normalized spacial score (nSPS) is 12.8. The average Bonchev–Trinajstić information content (AvgIpc) is 4.00. The van der Waals surface area contributed by atoms with Crippen molar-refractivity contribution in [2.75, 3.05) is 0 Å². The zero-order chi connectivity index (χ0) is 42.4. The van der Waals surface area contributed by atoms with Gasteiger partial charge < -0.3 is 4.42 Å². The lowest BCUT2D eigenvalue weighted by Crippen LogP contribution is -2.26. The van der Waals surface area contributed by atoms with Gasteiger partial charge in [0.15, 0.2) is 17.5 Å². The molecule has 3 aromatic heterocycles. The van der Waals surface area contributed by atoms with Crippen molar-refractivity contribution in [2.24, 2.45) is 0 Å². The summed E-state index contributed by atoms with van der Waals surface area (Å²) in [4.78, 5) is 19.9. The quantitative estimate of drug-likeness (QED) is 0.172. The summed E-state index contributed by atoms with van der Waals surface area (Å²) in [5, 5.41) is 12.3. The van der Waals surface area contributed by atoms with E-state index in [0.717, 1.165) is 77.6 Å². The molecule has 8 aromatic carbocycles. The summed E-state index contributed by atoms with van der Waals surface area (Å²) < 4.78 is 6.32. The van der Waals surface area contributed by atoms with Crippen molar-refractivity contribution >= 4 is 21.9 Å². The Bertz CT molecular complexity index is 3710. The number of hydrogen-bond acceptors (Lipinski definition) is 6. The van der Waals surface area contributed by atoms with Crippen LogP contribution in [0.2, 0.25) is 0 Å². The Morgan fingerprint density at radius 3 is 1.69 bits per heavy atom. The number of aromatic nitrogens is 4. The molecule has 3 heterocycles. The number of hydrogen-bond donors (Lipinski definition) is 0. The number of fused-ring (bicyclic) bond motifs is 13. The first-order valence-electron chi connectivity index (χ1n) is 21.3. The first-order valence-corrected chi connectivity index (χ1v) is 21.3. The molecule has 13 rings (SSSR count). The minimum Gasteiger partial charge on any atom is -0.456 e. The molecular weight excluding hydrogens is 783 g/mol. The van der Waals surface area contributed by atoms with Gasteiger partial charge in [0.2, 0.25) is 0 Å². The van der Waals surface area contributed by atoms with Crippen molar-refractivity contribution in [1.82, 2.24) is 19.9 Å². The molecule has 0 bridgehead atoms. The second-order valence-electron chi connectivity index (χ2n) is 16.5. The van der Waals surface area contributed by atoms with E-state index >= 15 is 0 Å². The average molecular weight is 816 g/mol. The van der Waals surface area contributed by atoms with Crippen LogP contribution in [0.1, 0.15) is 27.8 Å². The summed E-state index contributed by atoms with van der Waals surface area (Å²) in [7, 11) is 0. The van der Waals surface area contributed by atoms with Crippen LogP contribution in [0.15, 0.2) is 205 Å². The lowest BCUT2D eigenvalue weighted by molar-refractivity contribution is 0.669. The van der Waals surface area contributed by atoms with Crippen LogP contribution < -0.4 is 0 Å². The van der Waals surface area contributed by atoms with Crippen molar-refractivity contribution in [3.05, 3.63) is 228 Å². The predicted molar refractivity (Wildman–Crippen MR) is 253 cm³/mol. The Kier molecular flexibility index (Phi) is 7.78. The third-order valence-electron chi connectivity index (χ3n) is 13.1. The van der Waals surface area contributed by atoms with Crippen molar-refractivity contribution in [1.29, 1.82) is 5.26 Å². The Balaban J connectivity index is 1.03. The number of para-hydroxylation sites is 1. The van der Waals surface area contributed by atoms with Crippen LogP contribution in [0.4, 0.5) is 0 Å². The first kappa shape index (κ1) is 35.9. The molecule has 0 amide bonds. The molecule has 0 fully saturated rings. The molecule has 0 N–H and O–H groups in total. The molecule has 1 spiro atoms. The van der Waals surface area contributed by atoms with E-state index in [1.807, 2.05) is 85.2 Å². The highest BCUT2D eigenvalue weighted by Crippen LogP contribution is 2.63. The number of furan rings is 1.